The number of aromatic nitrogens is 4. The molecule has 2 aromatic heterocycles. The summed E-state index contributed by atoms with van der Waals surface area (Å²) in [7, 11) is 2.59. The Hall–Kier alpha value is -6.61. The van der Waals surface area contributed by atoms with Crippen molar-refractivity contribution in [2.24, 2.45) is 5.92 Å². The van der Waals surface area contributed by atoms with E-state index in [9.17, 15) is 19.2 Å². The van der Waals surface area contributed by atoms with Gasteiger partial charge in [0.2, 0.25) is 5.91 Å². The number of nitrogens with one attached hydrogen (secondary N) is 4. The minimum Gasteiger partial charge on any atom is -0.453 e. The Balaban J connectivity index is 1.000. The lowest BCUT2D eigenvalue weighted by molar-refractivity contribution is -0.138. The number of aromatic amines is 2. The highest BCUT2D eigenvalue weighted by atomic mass is 32.2. The second-order valence-corrected chi connectivity index (χ2v) is 18.5. The number of nitrogens with zero attached hydrogens (tertiary/aromatic N) is 4. The Kier molecular flexibility index (Phi) is 11.4. The summed E-state index contributed by atoms with van der Waals surface area (Å²) < 4.78 is 9.73. The Morgan fingerprint density at radius 1 is 0.797 bits per heavy atom. The van der Waals surface area contributed by atoms with E-state index in [1.165, 1.54) is 14.2 Å². The smallest absolute Gasteiger partial charge is 0.407 e. The molecule has 2 aliphatic heterocycles. The molecule has 0 aliphatic carbocycles. The molecule has 5 aromatic carbocycles. The lowest BCUT2D eigenvalue weighted by atomic mass is 9.96. The van der Waals surface area contributed by atoms with Crippen molar-refractivity contribution in [3.63, 3.8) is 0 Å². The number of amides is 4. The molecule has 64 heavy (non-hydrogen) atoms. The lowest BCUT2D eigenvalue weighted by Crippen LogP contribution is -2.51. The van der Waals surface area contributed by atoms with Gasteiger partial charge in [-0.25, -0.2) is 19.6 Å². The number of hydrogen-bond acceptors (Lipinski definition) is 9. The van der Waals surface area contributed by atoms with Crippen molar-refractivity contribution in [2.75, 3.05) is 33.6 Å². The van der Waals surface area contributed by atoms with Gasteiger partial charge in [0.1, 0.15) is 23.7 Å². The first kappa shape index (κ1) is 42.7. The molecule has 4 amide bonds. The summed E-state index contributed by atoms with van der Waals surface area (Å²) in [6.07, 6.45) is 3.04. The molecule has 9 rings (SSSR count). The average molecular weight is 881 g/mol. The molecule has 1 unspecified atom stereocenters. The number of likely N-dealkylation sites (tertiary alicyclic amines) is 2. The predicted octanol–water partition coefficient (Wildman–Crippen LogP) is 8.73. The van der Waals surface area contributed by atoms with Crippen molar-refractivity contribution < 1.29 is 28.7 Å². The normalized spacial score (nSPS) is 19.7. The minimum atomic E-state index is -0.933. The summed E-state index contributed by atoms with van der Waals surface area (Å²) in [6, 6.07) is 28.5. The Labute approximate surface area is 374 Å². The molecule has 2 saturated heterocycles. The van der Waals surface area contributed by atoms with Gasteiger partial charge in [0.05, 0.1) is 47.9 Å². The molecule has 14 nitrogen and oxygen atoms in total. The van der Waals surface area contributed by atoms with Gasteiger partial charge < -0.3 is 39.9 Å². The number of alkyl carbamates (subject to hydrolysis) is 2. The molecule has 4 heterocycles. The van der Waals surface area contributed by atoms with Crippen LogP contribution < -0.4 is 10.6 Å². The monoisotopic (exact) mass is 880 g/mol. The number of H-pyrrole nitrogens is 2. The zero-order valence-electron chi connectivity index (χ0n) is 36.7. The Morgan fingerprint density at radius 2 is 1.42 bits per heavy atom. The van der Waals surface area contributed by atoms with Crippen molar-refractivity contribution in [1.82, 2.24) is 40.4 Å². The number of methoxy groups -OCH3 is 2. The first-order chi connectivity index (χ1) is 30.9. The zero-order valence-corrected chi connectivity index (χ0v) is 37.5. The van der Waals surface area contributed by atoms with E-state index in [2.05, 4.69) is 82.3 Å². The van der Waals surface area contributed by atoms with Crippen LogP contribution in [0, 0.1) is 5.92 Å². The minimum absolute atomic E-state index is 0.120. The molecule has 15 heteroatoms. The summed E-state index contributed by atoms with van der Waals surface area (Å²) >= 11 is 1.72. The van der Waals surface area contributed by atoms with Crippen LogP contribution in [0.15, 0.2) is 91.0 Å². The molecule has 330 valence electrons. The summed E-state index contributed by atoms with van der Waals surface area (Å²) in [5, 5.41) is 9.74. The predicted molar refractivity (Wildman–Crippen MR) is 250 cm³/mol. The number of imidazole rings is 2. The molecule has 7 aromatic rings. The average Bonchev–Trinajstić information content (AvgIpc) is 4.14. The molecule has 2 aliphatic rings. The fourth-order valence-electron chi connectivity index (χ4n) is 9.59. The second-order valence-electron chi connectivity index (χ2n) is 17.3. The van der Waals surface area contributed by atoms with Crippen molar-refractivity contribution in [3.05, 3.63) is 108 Å². The van der Waals surface area contributed by atoms with Crippen molar-refractivity contribution in [1.29, 1.82) is 0 Å². The van der Waals surface area contributed by atoms with E-state index >= 15 is 0 Å². The van der Waals surface area contributed by atoms with E-state index in [-0.39, 0.29) is 29.0 Å². The molecule has 0 saturated carbocycles. The number of benzene rings is 5. The van der Waals surface area contributed by atoms with Crippen LogP contribution in [0.1, 0.15) is 69.3 Å². The number of fused-ring (bicyclic) bond motifs is 6. The van der Waals surface area contributed by atoms with Crippen LogP contribution in [0.4, 0.5) is 9.59 Å². The standard InChI is InChI=1S/C49H52N8O6S/c1-27(2)39(54-47(60)62-4)44(58)56-22-10-13-38(56)43-50-36-20-16-31-23-29(14-18-34(31)41(36)52-43)30-15-19-35-32(24-30)17-21-37-42(35)53-46(51-37)49(3)25-33(64-6)26-57(49)45(59)40(55-48(61)63-5)28-11-8-7-9-12-28/h7-9,11-12,14-21,23-24,27,33,38-40H,10,13,22,25-26H2,1-6H3,(H,50,52)(H,51,53)(H,54,60)(H,55,61)/t33-,38-,39-,40+,49?/m0/s1. The van der Waals surface area contributed by atoms with Crippen molar-refractivity contribution in [2.45, 2.75) is 68.9 Å². The third-order valence-electron chi connectivity index (χ3n) is 13.1. The maximum atomic E-state index is 14.5. The highest BCUT2D eigenvalue weighted by Crippen LogP contribution is 2.44. The molecule has 0 bridgehead atoms. The molecule has 4 N–H and O–H groups in total. The third-order valence-corrected chi connectivity index (χ3v) is 14.1. The maximum Gasteiger partial charge on any atom is 0.407 e. The summed E-state index contributed by atoms with van der Waals surface area (Å²) in [6.45, 7) is 6.95. The molecular weight excluding hydrogens is 829 g/mol. The molecule has 2 fully saturated rings. The fraction of sp³-hybridized carbons (Fsp3) is 0.347. The molecule has 0 radical (unpaired) electrons. The number of carbonyl (C=O) groups excluding carboxylic acids is 4. The van der Waals surface area contributed by atoms with Gasteiger partial charge in [-0.1, -0.05) is 80.6 Å². The number of thioether (sulfide) groups is 1. The summed E-state index contributed by atoms with van der Waals surface area (Å²) in [5.41, 5.74) is 5.44. The molecular formula is C49H52N8O6S. The van der Waals surface area contributed by atoms with E-state index in [1.54, 1.807) is 11.8 Å². The largest absolute Gasteiger partial charge is 0.453 e. The van der Waals surface area contributed by atoms with Gasteiger partial charge in [0, 0.05) is 29.1 Å². The van der Waals surface area contributed by atoms with Gasteiger partial charge in [-0.2, -0.15) is 11.8 Å². The van der Waals surface area contributed by atoms with Gasteiger partial charge >= 0.3 is 12.2 Å². The van der Waals surface area contributed by atoms with E-state index in [4.69, 9.17) is 19.4 Å². The number of ether oxygens (including phenoxy) is 2. The fourth-order valence-corrected chi connectivity index (χ4v) is 10.4. The quantitative estimate of drug-likeness (QED) is 0.105. The maximum absolute atomic E-state index is 14.5. The number of carbonyl (C=O) groups is 4. The van der Waals surface area contributed by atoms with Crippen LogP contribution in [0.5, 0.6) is 0 Å². The summed E-state index contributed by atoms with van der Waals surface area (Å²) in [4.78, 5) is 74.0. The van der Waals surface area contributed by atoms with Gasteiger partial charge in [0.25, 0.3) is 5.91 Å². The first-order valence-corrected chi connectivity index (χ1v) is 22.9. The van der Waals surface area contributed by atoms with Crippen LogP contribution >= 0.6 is 11.8 Å². The van der Waals surface area contributed by atoms with Gasteiger partial charge in [-0.3, -0.25) is 9.59 Å². The van der Waals surface area contributed by atoms with Crippen LogP contribution in [-0.2, 0) is 24.6 Å². The SMILES string of the molecule is COC(=O)N[C@H](C(=O)N1CCC[C@H]1c1nc2c(ccc3cc(-c4ccc5c(ccc6[nH]c(C7(C)C[C@H](SC)CN7C(=O)[C@H](NC(=O)OC)c7ccccc7)nc65)c4)ccc32)[nH]1)C(C)C. The summed E-state index contributed by atoms with van der Waals surface area (Å²) in [5.74, 6) is 0.937. The van der Waals surface area contributed by atoms with E-state index < -0.39 is 29.8 Å². The molecule has 5 atom stereocenters. The van der Waals surface area contributed by atoms with Crippen LogP contribution in [0.25, 0.3) is 54.7 Å². The van der Waals surface area contributed by atoms with Crippen LogP contribution in [0.3, 0.4) is 0 Å². The van der Waals surface area contributed by atoms with Gasteiger partial charge in [0.15, 0.2) is 0 Å². The van der Waals surface area contributed by atoms with Crippen molar-refractivity contribution in [3.8, 4) is 11.1 Å². The Bertz CT molecular complexity index is 2930. The highest BCUT2D eigenvalue weighted by molar-refractivity contribution is 7.99. The zero-order chi connectivity index (χ0) is 44.9. The number of hydrogen-bond donors (Lipinski definition) is 4. The van der Waals surface area contributed by atoms with Crippen LogP contribution in [0.2, 0.25) is 0 Å². The topological polar surface area (TPSA) is 175 Å². The first-order valence-electron chi connectivity index (χ1n) is 21.6. The lowest BCUT2D eigenvalue weighted by Gasteiger charge is -2.36. The van der Waals surface area contributed by atoms with E-state index in [0.717, 1.165) is 73.4 Å². The van der Waals surface area contributed by atoms with Crippen LogP contribution in [-0.4, -0.2) is 98.6 Å². The van der Waals surface area contributed by atoms with E-state index in [1.807, 2.05) is 66.1 Å². The second kappa shape index (κ2) is 17.2. The molecule has 0 spiro atoms. The third kappa shape index (κ3) is 7.65. The van der Waals surface area contributed by atoms with Crippen molar-refractivity contribution >= 4 is 79.4 Å². The highest BCUT2D eigenvalue weighted by Gasteiger charge is 2.49. The van der Waals surface area contributed by atoms with E-state index in [0.29, 0.717) is 30.9 Å². The Morgan fingerprint density at radius 3 is 2.05 bits per heavy atom. The number of rotatable bonds is 10. The van der Waals surface area contributed by atoms with Gasteiger partial charge in [-0.05, 0) is 90.1 Å². The van der Waals surface area contributed by atoms with Gasteiger partial charge in [-0.15, -0.1) is 0 Å².